The van der Waals surface area contributed by atoms with E-state index in [0.717, 1.165) is 12.1 Å². The van der Waals surface area contributed by atoms with Crippen LogP contribution in [0.4, 0.5) is 14.5 Å². The highest BCUT2D eigenvalue weighted by Crippen LogP contribution is 2.12. The Morgan fingerprint density at radius 1 is 1.16 bits per heavy atom. The Labute approximate surface area is 108 Å². The number of hydrogen-bond donors (Lipinski definition) is 3. The summed E-state index contributed by atoms with van der Waals surface area (Å²) in [5, 5.41) is 13.6. The number of carbonyl (C=O) groups excluding carboxylic acids is 2. The van der Waals surface area contributed by atoms with E-state index < -0.39 is 29.0 Å². The first-order valence-corrected chi connectivity index (χ1v) is 5.45. The quantitative estimate of drug-likeness (QED) is 0.712. The molecule has 5 nitrogen and oxygen atoms in total. The number of rotatable bonds is 3. The molecule has 0 aliphatic rings. The van der Waals surface area contributed by atoms with Crippen LogP contribution in [-0.4, -0.2) is 29.1 Å². The van der Waals surface area contributed by atoms with E-state index in [-0.39, 0.29) is 12.2 Å². The first-order chi connectivity index (χ1) is 8.67. The van der Waals surface area contributed by atoms with Gasteiger partial charge in [0.15, 0.2) is 0 Å². The van der Waals surface area contributed by atoms with E-state index in [9.17, 15) is 23.5 Å². The van der Waals surface area contributed by atoms with Gasteiger partial charge in [0.25, 0.3) is 0 Å². The third-order valence-corrected chi connectivity index (χ3v) is 2.01. The third kappa shape index (κ3) is 5.43. The Bertz CT molecular complexity index is 478. The van der Waals surface area contributed by atoms with Crippen LogP contribution < -0.4 is 10.6 Å². The summed E-state index contributed by atoms with van der Waals surface area (Å²) in [6.07, 6.45) is 0. The summed E-state index contributed by atoms with van der Waals surface area (Å²) in [4.78, 5) is 22.7. The molecule has 3 N–H and O–H groups in total. The van der Waals surface area contributed by atoms with Crippen molar-refractivity contribution in [3.8, 4) is 0 Å². The van der Waals surface area contributed by atoms with Crippen molar-refractivity contribution in [1.29, 1.82) is 0 Å². The molecule has 19 heavy (non-hydrogen) atoms. The second-order valence-electron chi connectivity index (χ2n) is 4.61. The Kier molecular flexibility index (Phi) is 4.55. The van der Waals surface area contributed by atoms with Crippen molar-refractivity contribution < 1.29 is 23.5 Å². The lowest BCUT2D eigenvalue weighted by atomic mass is 10.1. The van der Waals surface area contributed by atoms with Gasteiger partial charge in [-0.2, -0.15) is 0 Å². The number of amides is 2. The maximum Gasteiger partial charge on any atom is 0.313 e. The van der Waals surface area contributed by atoms with Gasteiger partial charge in [0.1, 0.15) is 11.6 Å². The fraction of sp³-hybridized carbons (Fsp3) is 0.333. The van der Waals surface area contributed by atoms with Gasteiger partial charge < -0.3 is 15.7 Å². The summed E-state index contributed by atoms with van der Waals surface area (Å²) < 4.78 is 25.7. The summed E-state index contributed by atoms with van der Waals surface area (Å²) in [7, 11) is 0. The highest BCUT2D eigenvalue weighted by Gasteiger charge is 2.18. The van der Waals surface area contributed by atoms with Crippen LogP contribution >= 0.6 is 0 Å². The predicted octanol–water partition coefficient (Wildman–Crippen LogP) is 0.790. The molecule has 1 aromatic rings. The van der Waals surface area contributed by atoms with Crippen LogP contribution in [0.5, 0.6) is 0 Å². The Hall–Kier alpha value is -2.02. The first kappa shape index (κ1) is 15.0. The van der Waals surface area contributed by atoms with Crippen LogP contribution in [0.2, 0.25) is 0 Å². The van der Waals surface area contributed by atoms with Crippen LogP contribution in [0.25, 0.3) is 0 Å². The molecule has 0 saturated heterocycles. The van der Waals surface area contributed by atoms with E-state index >= 15 is 0 Å². The van der Waals surface area contributed by atoms with Crippen molar-refractivity contribution in [2.24, 2.45) is 0 Å². The van der Waals surface area contributed by atoms with Gasteiger partial charge in [-0.3, -0.25) is 9.59 Å². The maximum atomic E-state index is 12.9. The van der Waals surface area contributed by atoms with Crippen LogP contribution in [0.15, 0.2) is 18.2 Å². The smallest absolute Gasteiger partial charge is 0.313 e. The Morgan fingerprint density at radius 2 is 1.68 bits per heavy atom. The normalized spacial score (nSPS) is 11.0. The largest absolute Gasteiger partial charge is 0.389 e. The number of anilines is 1. The molecule has 0 unspecified atom stereocenters. The van der Waals surface area contributed by atoms with Gasteiger partial charge in [-0.1, -0.05) is 0 Å². The molecule has 7 heteroatoms. The molecule has 0 fully saturated rings. The van der Waals surface area contributed by atoms with Crippen molar-refractivity contribution in [2.45, 2.75) is 19.4 Å². The topological polar surface area (TPSA) is 78.4 Å². The van der Waals surface area contributed by atoms with Gasteiger partial charge in [-0.25, -0.2) is 8.78 Å². The van der Waals surface area contributed by atoms with Crippen molar-refractivity contribution in [1.82, 2.24) is 5.32 Å². The fourth-order valence-electron chi connectivity index (χ4n) is 1.19. The Morgan fingerprint density at radius 3 is 2.16 bits per heavy atom. The average molecular weight is 272 g/mol. The van der Waals surface area contributed by atoms with Gasteiger partial charge in [0.2, 0.25) is 0 Å². The second kappa shape index (κ2) is 5.75. The number of carbonyl (C=O) groups is 2. The summed E-state index contributed by atoms with van der Waals surface area (Å²) in [6, 6.07) is 2.40. The monoisotopic (exact) mass is 272 g/mol. The molecule has 0 bridgehead atoms. The SMILES string of the molecule is CC(C)(O)CNC(=O)C(=O)Nc1cc(F)cc(F)c1. The lowest BCUT2D eigenvalue weighted by Crippen LogP contribution is -2.43. The van der Waals surface area contributed by atoms with Crippen molar-refractivity contribution in [2.75, 3.05) is 11.9 Å². The van der Waals surface area contributed by atoms with Crippen LogP contribution in [0, 0.1) is 11.6 Å². The third-order valence-electron chi connectivity index (χ3n) is 2.01. The molecule has 0 saturated carbocycles. The molecule has 0 aliphatic carbocycles. The van der Waals surface area contributed by atoms with Crippen molar-refractivity contribution in [3.63, 3.8) is 0 Å². The van der Waals surface area contributed by atoms with E-state index in [1.807, 2.05) is 5.32 Å². The van der Waals surface area contributed by atoms with E-state index in [4.69, 9.17) is 0 Å². The molecule has 1 rings (SSSR count). The second-order valence-corrected chi connectivity index (χ2v) is 4.61. The fourth-order valence-corrected chi connectivity index (χ4v) is 1.19. The molecular formula is C12H14F2N2O3. The van der Waals surface area contributed by atoms with Gasteiger partial charge in [0.05, 0.1) is 5.60 Å². The molecule has 0 atom stereocenters. The minimum absolute atomic E-state index is 0.128. The summed E-state index contributed by atoms with van der Waals surface area (Å²) in [5.41, 5.74) is -1.33. The molecule has 0 spiro atoms. The average Bonchev–Trinajstić information content (AvgIpc) is 2.23. The molecule has 1 aromatic carbocycles. The minimum atomic E-state index is -1.17. The number of halogens is 2. The van der Waals surface area contributed by atoms with Crippen LogP contribution in [-0.2, 0) is 9.59 Å². The summed E-state index contributed by atoms with van der Waals surface area (Å²) in [6.45, 7) is 2.77. The maximum absolute atomic E-state index is 12.9. The number of aliphatic hydroxyl groups is 1. The van der Waals surface area contributed by atoms with E-state index in [0.29, 0.717) is 6.07 Å². The zero-order chi connectivity index (χ0) is 14.6. The minimum Gasteiger partial charge on any atom is -0.389 e. The van der Waals surface area contributed by atoms with E-state index in [1.165, 1.54) is 13.8 Å². The lowest BCUT2D eigenvalue weighted by Gasteiger charge is -2.17. The highest BCUT2D eigenvalue weighted by atomic mass is 19.1. The predicted molar refractivity (Wildman–Crippen MR) is 64.3 cm³/mol. The molecule has 104 valence electrons. The summed E-state index contributed by atoms with van der Waals surface area (Å²) in [5.74, 6) is -3.82. The van der Waals surface area contributed by atoms with Crippen molar-refractivity contribution in [3.05, 3.63) is 29.8 Å². The molecule has 0 radical (unpaired) electrons. The highest BCUT2D eigenvalue weighted by molar-refractivity contribution is 6.39. The van der Waals surface area contributed by atoms with Gasteiger partial charge in [-0.05, 0) is 26.0 Å². The molecule has 2 amide bonds. The number of benzene rings is 1. The van der Waals surface area contributed by atoms with Gasteiger partial charge in [-0.15, -0.1) is 0 Å². The zero-order valence-electron chi connectivity index (χ0n) is 10.5. The molecular weight excluding hydrogens is 258 g/mol. The number of nitrogens with one attached hydrogen (secondary N) is 2. The van der Waals surface area contributed by atoms with Gasteiger partial charge in [0, 0.05) is 18.3 Å². The molecule has 0 aliphatic heterocycles. The van der Waals surface area contributed by atoms with Gasteiger partial charge >= 0.3 is 11.8 Å². The van der Waals surface area contributed by atoms with Crippen LogP contribution in [0.1, 0.15) is 13.8 Å². The van der Waals surface area contributed by atoms with Crippen molar-refractivity contribution >= 4 is 17.5 Å². The van der Waals surface area contributed by atoms with Crippen LogP contribution in [0.3, 0.4) is 0 Å². The standard InChI is InChI=1S/C12H14F2N2O3/c1-12(2,19)6-15-10(17)11(18)16-9-4-7(13)3-8(14)5-9/h3-5,19H,6H2,1-2H3,(H,15,17)(H,16,18). The Balaban J connectivity index is 2.61. The van der Waals surface area contributed by atoms with E-state index in [2.05, 4.69) is 5.32 Å². The first-order valence-electron chi connectivity index (χ1n) is 5.45. The summed E-state index contributed by atoms with van der Waals surface area (Å²) >= 11 is 0. The molecule has 0 aromatic heterocycles. The zero-order valence-corrected chi connectivity index (χ0v) is 10.5. The number of hydrogen-bond acceptors (Lipinski definition) is 3. The van der Waals surface area contributed by atoms with E-state index in [1.54, 1.807) is 0 Å². The molecule has 0 heterocycles. The lowest BCUT2D eigenvalue weighted by molar-refractivity contribution is -0.136.